The molecule has 3 heterocycles. The fourth-order valence-corrected chi connectivity index (χ4v) is 5.06. The van der Waals surface area contributed by atoms with Crippen LogP contribution >= 0.6 is 27.7 Å². The smallest absolute Gasteiger partial charge is 0.172 e. The van der Waals surface area contributed by atoms with Crippen LogP contribution in [0.2, 0.25) is 0 Å². The minimum Gasteiger partial charge on any atom is -0.507 e. The highest BCUT2D eigenvalue weighted by molar-refractivity contribution is 9.10. The van der Waals surface area contributed by atoms with Gasteiger partial charge in [-0.15, -0.1) is 11.8 Å². The number of anilines is 1. The summed E-state index contributed by atoms with van der Waals surface area (Å²) in [7, 11) is 0. The third-order valence-corrected chi connectivity index (χ3v) is 7.42. The molecule has 0 spiro atoms. The molecule has 0 amide bonds. The maximum Gasteiger partial charge on any atom is 0.172 e. The summed E-state index contributed by atoms with van der Waals surface area (Å²) in [6, 6.07) is 18.5. The molecule has 0 radical (unpaired) electrons. The number of thioether (sulfide) groups is 1. The molecule has 1 saturated heterocycles. The second-order valence-corrected chi connectivity index (χ2v) is 10.0. The number of piperidine rings is 1. The number of para-hydroxylation sites is 1. The van der Waals surface area contributed by atoms with E-state index in [1.54, 1.807) is 24.0 Å². The SMILES string of the molecule is CSc1ccc(CN2CCC(Nc3cc(-c4ccccc4O)nc4c(Br)cnn34)CC2)cc1. The fourth-order valence-electron chi connectivity index (χ4n) is 4.30. The highest BCUT2D eigenvalue weighted by Gasteiger charge is 2.21. The Balaban J connectivity index is 1.31. The maximum absolute atomic E-state index is 10.3. The Hall–Kier alpha value is -2.55. The van der Waals surface area contributed by atoms with Gasteiger partial charge >= 0.3 is 0 Å². The van der Waals surface area contributed by atoms with Crippen LogP contribution in [0.5, 0.6) is 5.75 Å². The molecule has 0 unspecified atom stereocenters. The number of rotatable bonds is 6. The van der Waals surface area contributed by atoms with Gasteiger partial charge in [0, 0.05) is 42.2 Å². The Morgan fingerprint density at radius 2 is 1.88 bits per heavy atom. The van der Waals surface area contributed by atoms with E-state index in [-0.39, 0.29) is 5.75 Å². The Kier molecular flexibility index (Phi) is 6.57. The molecule has 4 aromatic rings. The number of hydrogen-bond acceptors (Lipinski definition) is 6. The van der Waals surface area contributed by atoms with Gasteiger partial charge in [0.2, 0.25) is 0 Å². The number of aromatic hydroxyl groups is 1. The van der Waals surface area contributed by atoms with E-state index in [9.17, 15) is 5.11 Å². The van der Waals surface area contributed by atoms with Crippen LogP contribution in [0.4, 0.5) is 5.82 Å². The van der Waals surface area contributed by atoms with Crippen LogP contribution in [-0.2, 0) is 6.54 Å². The summed E-state index contributed by atoms with van der Waals surface area (Å²) in [5, 5.41) is 18.5. The topological polar surface area (TPSA) is 65.7 Å². The number of fused-ring (bicyclic) bond motifs is 1. The second kappa shape index (κ2) is 9.75. The first-order valence-corrected chi connectivity index (χ1v) is 13.1. The van der Waals surface area contributed by atoms with Crippen LogP contribution in [0.1, 0.15) is 18.4 Å². The molecule has 1 aliphatic rings. The van der Waals surface area contributed by atoms with E-state index in [0.717, 1.165) is 54.1 Å². The highest BCUT2D eigenvalue weighted by atomic mass is 79.9. The Morgan fingerprint density at radius 1 is 1.12 bits per heavy atom. The summed E-state index contributed by atoms with van der Waals surface area (Å²) >= 11 is 5.33. The van der Waals surface area contributed by atoms with Gasteiger partial charge in [0.05, 0.1) is 16.4 Å². The molecular formula is C25H26BrN5OS. The zero-order valence-corrected chi connectivity index (χ0v) is 20.8. The normalized spacial score (nSPS) is 15.2. The number of nitrogens with one attached hydrogen (secondary N) is 1. The number of benzene rings is 2. The van der Waals surface area contributed by atoms with Crippen molar-refractivity contribution in [2.75, 3.05) is 24.7 Å². The molecule has 0 atom stereocenters. The summed E-state index contributed by atoms with van der Waals surface area (Å²) in [4.78, 5) is 8.56. The van der Waals surface area contributed by atoms with Gasteiger partial charge < -0.3 is 10.4 Å². The molecule has 1 fully saturated rings. The first-order valence-electron chi connectivity index (χ1n) is 11.0. The van der Waals surface area contributed by atoms with Crippen molar-refractivity contribution in [1.82, 2.24) is 19.5 Å². The average Bonchev–Trinajstić information content (AvgIpc) is 3.22. The largest absolute Gasteiger partial charge is 0.507 e. The molecule has 0 aliphatic carbocycles. The molecule has 8 heteroatoms. The number of nitrogens with zero attached hydrogens (tertiary/aromatic N) is 4. The minimum absolute atomic E-state index is 0.217. The predicted octanol–water partition coefficient (Wildman–Crippen LogP) is 5.66. The van der Waals surface area contributed by atoms with Crippen molar-refractivity contribution in [2.24, 2.45) is 0 Å². The van der Waals surface area contributed by atoms with Crippen LogP contribution in [0, 0.1) is 0 Å². The molecule has 5 rings (SSSR count). The Labute approximate surface area is 206 Å². The standard InChI is InChI=1S/C25H26BrN5OS/c1-33-19-8-6-17(7-9-19)16-30-12-10-18(11-13-30)28-24-14-22(20-4-2-3-5-23(20)32)29-25-21(26)15-27-31(24)25/h2-9,14-15,18,28,32H,10-13,16H2,1H3. The number of phenols is 1. The lowest BCUT2D eigenvalue weighted by molar-refractivity contribution is 0.211. The Bertz CT molecular complexity index is 1250. The number of phenolic OH excluding ortho intramolecular Hbond substituents is 1. The van der Waals surface area contributed by atoms with Gasteiger partial charge in [0.1, 0.15) is 11.6 Å². The lowest BCUT2D eigenvalue weighted by Crippen LogP contribution is -2.39. The van der Waals surface area contributed by atoms with Crippen molar-refractivity contribution >= 4 is 39.2 Å². The highest BCUT2D eigenvalue weighted by Crippen LogP contribution is 2.31. The average molecular weight is 524 g/mol. The summed E-state index contributed by atoms with van der Waals surface area (Å²) in [6.45, 7) is 3.08. The molecule has 2 aromatic heterocycles. The Morgan fingerprint density at radius 3 is 2.61 bits per heavy atom. The monoisotopic (exact) mass is 523 g/mol. The lowest BCUT2D eigenvalue weighted by atomic mass is 10.0. The fraction of sp³-hybridized carbons (Fsp3) is 0.280. The minimum atomic E-state index is 0.217. The summed E-state index contributed by atoms with van der Waals surface area (Å²) < 4.78 is 2.65. The van der Waals surface area contributed by atoms with E-state index >= 15 is 0 Å². The molecule has 6 nitrogen and oxygen atoms in total. The van der Waals surface area contributed by atoms with Crippen molar-refractivity contribution < 1.29 is 5.11 Å². The number of aromatic nitrogens is 3. The van der Waals surface area contributed by atoms with Crippen LogP contribution < -0.4 is 5.32 Å². The van der Waals surface area contributed by atoms with Crippen LogP contribution in [0.15, 0.2) is 70.2 Å². The maximum atomic E-state index is 10.3. The first kappa shape index (κ1) is 22.3. The van der Waals surface area contributed by atoms with Crippen LogP contribution in [0.25, 0.3) is 16.9 Å². The van der Waals surface area contributed by atoms with E-state index in [4.69, 9.17) is 4.98 Å². The van der Waals surface area contributed by atoms with Crippen molar-refractivity contribution in [3.05, 3.63) is 70.8 Å². The zero-order valence-electron chi connectivity index (χ0n) is 18.4. The van der Waals surface area contributed by atoms with Gasteiger partial charge in [0.15, 0.2) is 5.65 Å². The van der Waals surface area contributed by atoms with E-state index in [2.05, 4.69) is 61.8 Å². The van der Waals surface area contributed by atoms with Crippen LogP contribution in [-0.4, -0.2) is 50.0 Å². The van der Waals surface area contributed by atoms with Crippen molar-refractivity contribution in [3.8, 4) is 17.0 Å². The first-order chi connectivity index (χ1) is 16.1. The third-order valence-electron chi connectivity index (χ3n) is 6.11. The molecule has 0 saturated carbocycles. The molecule has 2 N–H and O–H groups in total. The summed E-state index contributed by atoms with van der Waals surface area (Å²) in [6.07, 6.45) is 5.98. The van der Waals surface area contributed by atoms with E-state index in [0.29, 0.717) is 11.6 Å². The van der Waals surface area contributed by atoms with Crippen molar-refractivity contribution in [2.45, 2.75) is 30.3 Å². The predicted molar refractivity (Wildman–Crippen MR) is 138 cm³/mol. The molecule has 1 aliphatic heterocycles. The van der Waals surface area contributed by atoms with Crippen molar-refractivity contribution in [1.29, 1.82) is 0 Å². The van der Waals surface area contributed by atoms with Gasteiger partial charge in [-0.1, -0.05) is 24.3 Å². The number of halogens is 1. The van der Waals surface area contributed by atoms with Gasteiger partial charge in [0.25, 0.3) is 0 Å². The second-order valence-electron chi connectivity index (χ2n) is 8.31. The summed E-state index contributed by atoms with van der Waals surface area (Å²) in [5.74, 6) is 1.10. The number of hydrogen-bond donors (Lipinski definition) is 2. The van der Waals surface area contributed by atoms with E-state index < -0.39 is 0 Å². The number of likely N-dealkylation sites (tertiary alicyclic amines) is 1. The molecule has 0 bridgehead atoms. The lowest BCUT2D eigenvalue weighted by Gasteiger charge is -2.33. The molecule has 2 aromatic carbocycles. The molecular weight excluding hydrogens is 498 g/mol. The van der Waals surface area contributed by atoms with Gasteiger partial charge in [-0.3, -0.25) is 4.90 Å². The van der Waals surface area contributed by atoms with E-state index in [1.165, 1.54) is 10.5 Å². The van der Waals surface area contributed by atoms with Gasteiger partial charge in [-0.2, -0.15) is 9.61 Å². The zero-order chi connectivity index (χ0) is 22.8. The molecule has 170 valence electrons. The van der Waals surface area contributed by atoms with Gasteiger partial charge in [-0.25, -0.2) is 4.98 Å². The van der Waals surface area contributed by atoms with E-state index in [1.807, 2.05) is 28.8 Å². The summed E-state index contributed by atoms with van der Waals surface area (Å²) in [5.41, 5.74) is 3.52. The molecule has 33 heavy (non-hydrogen) atoms. The van der Waals surface area contributed by atoms with Crippen molar-refractivity contribution in [3.63, 3.8) is 0 Å². The third kappa shape index (κ3) is 4.88. The van der Waals surface area contributed by atoms with Gasteiger partial charge in [-0.05, 0) is 64.9 Å². The van der Waals surface area contributed by atoms with Crippen LogP contribution in [0.3, 0.4) is 0 Å². The quantitative estimate of drug-likeness (QED) is 0.317.